The number of alkyl halides is 6. The molecule has 1 aliphatic rings. The smallest absolute Gasteiger partial charge is 0.405 e. The number of carbonyl (C=O) groups excluding carboxylic acids is 1. The molecule has 0 saturated heterocycles. The lowest BCUT2D eigenvalue weighted by molar-refractivity contribution is -0.178. The van der Waals surface area contributed by atoms with Crippen molar-refractivity contribution < 1.29 is 54.2 Å². The molecule has 0 aromatic carbocycles. The van der Waals surface area contributed by atoms with Crippen molar-refractivity contribution in [1.29, 1.82) is 0 Å². The predicted molar refractivity (Wildman–Crippen MR) is 173 cm³/mol. The van der Waals surface area contributed by atoms with E-state index in [-0.39, 0.29) is 18.8 Å². The third-order valence-electron chi connectivity index (χ3n) is 7.84. The predicted octanol–water partition coefficient (Wildman–Crippen LogP) is 7.76. The van der Waals surface area contributed by atoms with Crippen LogP contribution in [0.25, 0.3) is 0 Å². The Morgan fingerprint density at radius 3 is 1.55 bits per heavy atom. The summed E-state index contributed by atoms with van der Waals surface area (Å²) in [5.41, 5.74) is 0. The number of nitrogens with one attached hydrogen (secondary N) is 2. The fourth-order valence-electron chi connectivity index (χ4n) is 5.04. The van der Waals surface area contributed by atoms with Gasteiger partial charge in [-0.05, 0) is 60.3 Å². The molecular weight excluding hydrogens is 674 g/mol. The average Bonchev–Trinajstić information content (AvgIpc) is 2.93. The summed E-state index contributed by atoms with van der Waals surface area (Å²) in [7, 11) is -2.86. The van der Waals surface area contributed by atoms with Crippen LogP contribution < -0.4 is 9.44 Å². The molecule has 1 rings (SSSR count). The second-order valence-corrected chi connectivity index (χ2v) is 18.0. The number of carboxylic acids is 1. The normalized spacial score (nSPS) is 19.0. The first kappa shape index (κ1) is 45.7. The van der Waals surface area contributed by atoms with E-state index < -0.39 is 79.7 Å². The molecule has 3 N–H and O–H groups in total. The number of ether oxygens (including phenoxy) is 1. The third-order valence-corrected chi connectivity index (χ3v) is 11.0. The number of esters is 1. The van der Waals surface area contributed by atoms with Crippen molar-refractivity contribution in [3.8, 4) is 0 Å². The first-order valence-corrected chi connectivity index (χ1v) is 18.5. The van der Waals surface area contributed by atoms with Gasteiger partial charge in [-0.1, -0.05) is 71.1 Å². The molecular formula is C31H56F6N2O6S2. The zero-order valence-electron chi connectivity index (χ0n) is 28.9. The highest BCUT2D eigenvalue weighted by Crippen LogP contribution is 2.35. The Labute approximate surface area is 281 Å². The maximum absolute atomic E-state index is 13.4. The Bertz CT molecular complexity index is 993. The molecule has 0 aromatic heterocycles. The molecule has 47 heavy (non-hydrogen) atoms. The summed E-state index contributed by atoms with van der Waals surface area (Å²) in [6.45, 7) is 11.4. The van der Waals surface area contributed by atoms with Crippen molar-refractivity contribution in [1.82, 2.24) is 9.44 Å². The number of carboxylic acid groups (broad SMARTS) is 1. The molecule has 0 aliphatic heterocycles. The van der Waals surface area contributed by atoms with E-state index in [9.17, 15) is 49.5 Å². The van der Waals surface area contributed by atoms with Gasteiger partial charge in [0.1, 0.15) is 12.1 Å². The molecule has 0 bridgehead atoms. The highest BCUT2D eigenvalue weighted by atomic mass is 32.2. The standard InChI is InChI=1S/C16H30F3NO3S.C15H26F3NO3S/c1-6-7-8-9-10-11-12(14(21)23-5)13(16(17,18)19)20-24(22)15(2,3)4;1-14(2,3)23(22)19-12(15(16,17)18)11(13(20)21)9-10-7-5-4-6-8-10/h12-13,20H,6-11H2,1-5H3;10-12,19H,4-9H2,1-3H3,(H,20,21)/t12-,13-,24-;11-,12-,23-/m11/s1. The number of hydrogen-bond acceptors (Lipinski definition) is 5. The van der Waals surface area contributed by atoms with E-state index in [0.717, 1.165) is 64.9 Å². The lowest BCUT2D eigenvalue weighted by Crippen LogP contribution is -2.53. The summed E-state index contributed by atoms with van der Waals surface area (Å²) >= 11 is 0. The summed E-state index contributed by atoms with van der Waals surface area (Å²) in [5.74, 6) is -5.45. The van der Waals surface area contributed by atoms with Gasteiger partial charge in [-0.3, -0.25) is 9.59 Å². The number of hydrogen-bond donors (Lipinski definition) is 3. The molecule has 8 nitrogen and oxygen atoms in total. The van der Waals surface area contributed by atoms with Crippen molar-refractivity contribution in [3.05, 3.63) is 0 Å². The number of unbranched alkanes of at least 4 members (excludes halogenated alkanes) is 4. The van der Waals surface area contributed by atoms with Gasteiger partial charge in [0.2, 0.25) is 0 Å². The highest BCUT2D eigenvalue weighted by Gasteiger charge is 2.50. The van der Waals surface area contributed by atoms with Gasteiger partial charge in [-0.15, -0.1) is 0 Å². The molecule has 1 fully saturated rings. The van der Waals surface area contributed by atoms with Crippen LogP contribution in [0.3, 0.4) is 0 Å². The van der Waals surface area contributed by atoms with Crippen molar-refractivity contribution in [2.75, 3.05) is 7.11 Å². The Morgan fingerprint density at radius 1 is 0.766 bits per heavy atom. The summed E-state index contributed by atoms with van der Waals surface area (Å²) in [6.07, 6.45) is -0.812. The molecule has 6 atom stereocenters. The minimum absolute atomic E-state index is 0.0143. The molecule has 1 aliphatic carbocycles. The van der Waals surface area contributed by atoms with Gasteiger partial charge in [0.15, 0.2) is 0 Å². The monoisotopic (exact) mass is 730 g/mol. The van der Waals surface area contributed by atoms with E-state index in [0.29, 0.717) is 6.42 Å². The molecule has 1 saturated carbocycles. The van der Waals surface area contributed by atoms with Crippen LogP contribution in [-0.2, 0) is 36.3 Å². The second-order valence-electron chi connectivity index (χ2n) is 14.1. The highest BCUT2D eigenvalue weighted by molar-refractivity contribution is 7.84. The van der Waals surface area contributed by atoms with E-state index in [1.807, 2.05) is 11.6 Å². The van der Waals surface area contributed by atoms with Crippen LogP contribution in [0, 0.1) is 17.8 Å². The largest absolute Gasteiger partial charge is 0.481 e. The zero-order chi connectivity index (χ0) is 36.8. The summed E-state index contributed by atoms with van der Waals surface area (Å²) in [6, 6.07) is -4.49. The van der Waals surface area contributed by atoms with Crippen LogP contribution in [0.1, 0.15) is 126 Å². The number of aliphatic carboxylic acids is 1. The van der Waals surface area contributed by atoms with E-state index >= 15 is 0 Å². The van der Waals surface area contributed by atoms with Crippen LogP contribution >= 0.6 is 0 Å². The van der Waals surface area contributed by atoms with Crippen LogP contribution in [0.15, 0.2) is 0 Å². The van der Waals surface area contributed by atoms with Gasteiger partial charge in [0.25, 0.3) is 0 Å². The van der Waals surface area contributed by atoms with E-state index in [1.54, 1.807) is 41.5 Å². The number of halogens is 6. The van der Waals surface area contributed by atoms with Crippen molar-refractivity contribution in [2.45, 2.75) is 159 Å². The summed E-state index contributed by atoms with van der Waals surface area (Å²) in [4.78, 5) is 23.3. The topological polar surface area (TPSA) is 122 Å². The molecule has 0 amide bonds. The second kappa shape index (κ2) is 20.4. The lowest BCUT2D eigenvalue weighted by atomic mass is 9.80. The molecule has 0 heterocycles. The van der Waals surface area contributed by atoms with Crippen molar-refractivity contribution >= 4 is 33.9 Å². The SMILES string of the molecule is CC(C)(C)[S@@](=O)N[C@H]([C@@H](CC1CCCCC1)C(=O)O)C(F)(F)F.CCCCCCC[C@@H](C(=O)OC)[C@@H](N[S@](=O)C(C)(C)C)C(F)(F)F. The molecule has 0 aromatic rings. The first-order chi connectivity index (χ1) is 21.4. The van der Waals surface area contributed by atoms with Crippen molar-refractivity contribution in [3.63, 3.8) is 0 Å². The number of methoxy groups -OCH3 is 1. The van der Waals surface area contributed by atoms with Crippen LogP contribution in [0.2, 0.25) is 0 Å². The van der Waals surface area contributed by atoms with Gasteiger partial charge in [0, 0.05) is 0 Å². The fraction of sp³-hybridized carbons (Fsp3) is 0.935. The molecule has 0 unspecified atom stereocenters. The van der Waals surface area contributed by atoms with E-state index in [1.165, 1.54) is 0 Å². The van der Waals surface area contributed by atoms with Crippen LogP contribution in [0.5, 0.6) is 0 Å². The van der Waals surface area contributed by atoms with Gasteiger partial charge in [-0.2, -0.15) is 26.3 Å². The van der Waals surface area contributed by atoms with Gasteiger partial charge in [-0.25, -0.2) is 17.9 Å². The van der Waals surface area contributed by atoms with Gasteiger partial charge < -0.3 is 9.84 Å². The number of rotatable bonds is 16. The molecule has 280 valence electrons. The maximum Gasteiger partial charge on any atom is 0.405 e. The molecule has 0 spiro atoms. The Kier molecular flexibility index (Phi) is 19.9. The maximum atomic E-state index is 13.4. The third kappa shape index (κ3) is 17.8. The van der Waals surface area contributed by atoms with Crippen LogP contribution in [-0.4, -0.2) is 66.5 Å². The number of carbonyl (C=O) groups is 2. The molecule has 16 heteroatoms. The van der Waals surface area contributed by atoms with Gasteiger partial charge in [0.05, 0.1) is 50.4 Å². The van der Waals surface area contributed by atoms with E-state index in [4.69, 9.17) is 0 Å². The van der Waals surface area contributed by atoms with Crippen LogP contribution in [0.4, 0.5) is 26.3 Å². The summed E-state index contributed by atoms with van der Waals surface area (Å²) < 4.78 is 112. The fourth-order valence-corrected chi connectivity index (χ4v) is 6.80. The Morgan fingerprint density at radius 2 is 1.19 bits per heavy atom. The Hall–Kier alpha value is -1.26. The lowest BCUT2D eigenvalue weighted by Gasteiger charge is -2.32. The molecule has 0 radical (unpaired) electrons. The minimum Gasteiger partial charge on any atom is -0.481 e. The Balaban J connectivity index is 0.000000901. The van der Waals surface area contributed by atoms with Crippen molar-refractivity contribution in [2.24, 2.45) is 17.8 Å². The quantitative estimate of drug-likeness (QED) is 0.0849. The minimum atomic E-state index is -4.77. The average molecular weight is 731 g/mol. The van der Waals surface area contributed by atoms with Gasteiger partial charge >= 0.3 is 24.3 Å². The zero-order valence-corrected chi connectivity index (χ0v) is 30.6. The summed E-state index contributed by atoms with van der Waals surface area (Å²) in [5, 5.41) is 9.31. The van der Waals surface area contributed by atoms with E-state index in [2.05, 4.69) is 9.46 Å². The first-order valence-electron chi connectivity index (χ1n) is 16.2.